The van der Waals surface area contributed by atoms with E-state index in [2.05, 4.69) is 29.3 Å². The Hall–Kier alpha value is -0.380. The Kier molecular flexibility index (Phi) is 3.85. The first-order valence-corrected chi connectivity index (χ1v) is 9.67. The molecule has 3 heteroatoms. The van der Waals surface area contributed by atoms with Crippen LogP contribution in [0.25, 0.3) is 0 Å². The lowest BCUT2D eigenvalue weighted by atomic mass is 9.90. The Labute approximate surface area is 132 Å². The predicted molar refractivity (Wildman–Crippen MR) is 89.8 cm³/mol. The predicted octanol–water partition coefficient (Wildman–Crippen LogP) is 3.81. The molecule has 0 amide bonds. The van der Waals surface area contributed by atoms with Crippen LogP contribution >= 0.6 is 11.3 Å². The molecule has 2 aliphatic carbocycles. The Morgan fingerprint density at radius 3 is 2.67 bits per heavy atom. The minimum absolute atomic E-state index is 0.474. The van der Waals surface area contributed by atoms with Crippen LogP contribution in [0.15, 0.2) is 12.1 Å². The topological polar surface area (TPSA) is 15.3 Å². The Morgan fingerprint density at radius 2 is 2.00 bits per heavy atom. The maximum atomic E-state index is 3.91. The summed E-state index contributed by atoms with van der Waals surface area (Å²) >= 11 is 2.03. The van der Waals surface area contributed by atoms with Gasteiger partial charge in [0.1, 0.15) is 0 Å². The van der Waals surface area contributed by atoms with Crippen molar-refractivity contribution < 1.29 is 0 Å². The van der Waals surface area contributed by atoms with Crippen molar-refractivity contribution in [2.24, 2.45) is 5.92 Å². The van der Waals surface area contributed by atoms with Gasteiger partial charge in [0, 0.05) is 41.0 Å². The summed E-state index contributed by atoms with van der Waals surface area (Å²) in [5.41, 5.74) is 0.474. The molecular formula is C18H28N2S. The van der Waals surface area contributed by atoms with Crippen molar-refractivity contribution >= 4 is 11.3 Å². The molecule has 3 aliphatic rings. The summed E-state index contributed by atoms with van der Waals surface area (Å²) in [7, 11) is 0. The van der Waals surface area contributed by atoms with Crippen molar-refractivity contribution in [3.8, 4) is 0 Å². The van der Waals surface area contributed by atoms with Crippen molar-refractivity contribution in [3.05, 3.63) is 21.9 Å². The molecule has 1 atom stereocenters. The van der Waals surface area contributed by atoms with E-state index in [9.17, 15) is 0 Å². The van der Waals surface area contributed by atoms with Crippen LogP contribution in [0.2, 0.25) is 0 Å². The van der Waals surface area contributed by atoms with Gasteiger partial charge in [0.05, 0.1) is 0 Å². The molecule has 1 saturated heterocycles. The first-order chi connectivity index (χ1) is 10.3. The van der Waals surface area contributed by atoms with Crippen LogP contribution in [0.5, 0.6) is 0 Å². The summed E-state index contributed by atoms with van der Waals surface area (Å²) < 4.78 is 0. The number of nitrogens with zero attached hydrogens (tertiary/aromatic N) is 1. The third kappa shape index (κ3) is 2.80. The minimum atomic E-state index is 0.474. The van der Waals surface area contributed by atoms with Crippen molar-refractivity contribution in [1.29, 1.82) is 0 Å². The molecule has 0 aromatic carbocycles. The highest BCUT2D eigenvalue weighted by Gasteiger charge is 2.46. The first kappa shape index (κ1) is 14.2. The van der Waals surface area contributed by atoms with Crippen LogP contribution in [0.3, 0.4) is 0 Å². The van der Waals surface area contributed by atoms with Crippen LogP contribution in [0.4, 0.5) is 0 Å². The average molecular weight is 305 g/mol. The van der Waals surface area contributed by atoms with Gasteiger partial charge in [-0.25, -0.2) is 0 Å². The van der Waals surface area contributed by atoms with E-state index in [-0.39, 0.29) is 0 Å². The molecule has 116 valence electrons. The summed E-state index contributed by atoms with van der Waals surface area (Å²) in [6.45, 7) is 5.97. The molecule has 1 spiro atoms. The quantitative estimate of drug-likeness (QED) is 0.910. The molecule has 21 heavy (non-hydrogen) atoms. The highest BCUT2D eigenvalue weighted by atomic mass is 32.1. The Bertz CT molecular complexity index is 485. The Balaban J connectivity index is 1.51. The lowest BCUT2D eigenvalue weighted by Crippen LogP contribution is -2.63. The van der Waals surface area contributed by atoms with E-state index in [1.807, 2.05) is 11.3 Å². The molecule has 2 heterocycles. The monoisotopic (exact) mass is 304 g/mol. The molecule has 1 N–H and O–H groups in total. The van der Waals surface area contributed by atoms with Gasteiger partial charge in [-0.2, -0.15) is 0 Å². The second-order valence-electron chi connectivity index (χ2n) is 7.36. The van der Waals surface area contributed by atoms with Crippen molar-refractivity contribution in [2.45, 2.75) is 70.0 Å². The maximum absolute atomic E-state index is 3.91. The zero-order chi connectivity index (χ0) is 14.3. The molecule has 0 bridgehead atoms. The molecule has 2 saturated carbocycles. The highest BCUT2D eigenvalue weighted by Crippen LogP contribution is 2.42. The fourth-order valence-corrected chi connectivity index (χ4v) is 5.36. The zero-order valence-corrected chi connectivity index (χ0v) is 14.1. The number of thiophene rings is 1. The third-order valence-electron chi connectivity index (χ3n) is 5.92. The summed E-state index contributed by atoms with van der Waals surface area (Å²) in [5, 5.41) is 3.91. The smallest absolute Gasteiger partial charge is 0.0338 e. The number of rotatable bonds is 4. The number of aryl methyl sites for hydroxylation is 1. The van der Waals surface area contributed by atoms with Gasteiger partial charge < -0.3 is 5.32 Å². The summed E-state index contributed by atoms with van der Waals surface area (Å²) in [5.74, 6) is 0.973. The van der Waals surface area contributed by atoms with E-state index in [1.54, 1.807) is 9.75 Å². The van der Waals surface area contributed by atoms with Gasteiger partial charge >= 0.3 is 0 Å². The molecule has 3 fully saturated rings. The lowest BCUT2D eigenvalue weighted by molar-refractivity contribution is 0.0320. The fraction of sp³-hybridized carbons (Fsp3) is 0.778. The normalized spacial score (nSPS) is 29.3. The zero-order valence-electron chi connectivity index (χ0n) is 13.2. The van der Waals surface area contributed by atoms with E-state index in [0.717, 1.165) is 12.0 Å². The number of nitrogens with one attached hydrogen (secondary N) is 1. The highest BCUT2D eigenvalue weighted by molar-refractivity contribution is 7.11. The maximum Gasteiger partial charge on any atom is 0.0338 e. The molecule has 2 nitrogen and oxygen atoms in total. The summed E-state index contributed by atoms with van der Waals surface area (Å²) in [4.78, 5) is 5.99. The van der Waals surface area contributed by atoms with Crippen LogP contribution in [0.1, 0.15) is 55.2 Å². The van der Waals surface area contributed by atoms with Gasteiger partial charge in [0.15, 0.2) is 0 Å². The minimum Gasteiger partial charge on any atom is -0.311 e. The van der Waals surface area contributed by atoms with Gasteiger partial charge in [-0.1, -0.05) is 19.8 Å². The first-order valence-electron chi connectivity index (χ1n) is 8.85. The van der Waals surface area contributed by atoms with Gasteiger partial charge in [0.25, 0.3) is 0 Å². The molecule has 1 aliphatic heterocycles. The van der Waals surface area contributed by atoms with Crippen molar-refractivity contribution in [1.82, 2.24) is 10.2 Å². The van der Waals surface area contributed by atoms with Gasteiger partial charge in [-0.15, -0.1) is 11.3 Å². The van der Waals surface area contributed by atoms with E-state index in [4.69, 9.17) is 0 Å². The molecule has 1 unspecified atom stereocenters. The van der Waals surface area contributed by atoms with Crippen LogP contribution in [-0.4, -0.2) is 29.6 Å². The van der Waals surface area contributed by atoms with Gasteiger partial charge in [-0.05, 0) is 50.2 Å². The summed E-state index contributed by atoms with van der Waals surface area (Å²) in [6, 6.07) is 5.48. The van der Waals surface area contributed by atoms with Crippen molar-refractivity contribution in [2.75, 3.05) is 13.1 Å². The van der Waals surface area contributed by atoms with Crippen LogP contribution in [-0.2, 0) is 13.0 Å². The second kappa shape index (κ2) is 5.68. The molecule has 1 aromatic heterocycles. The number of hydrogen-bond donors (Lipinski definition) is 1. The van der Waals surface area contributed by atoms with Gasteiger partial charge in [-0.3, -0.25) is 4.90 Å². The standard InChI is InChI=1S/C18H28N2S/c1-2-15-7-8-16(21-15)11-20-12-17(14-5-6-14)19-13-18(20)9-3-4-10-18/h7-8,14,17,19H,2-6,9-13H2,1H3. The molecule has 0 radical (unpaired) electrons. The van der Waals surface area contributed by atoms with Crippen LogP contribution < -0.4 is 5.32 Å². The largest absolute Gasteiger partial charge is 0.311 e. The van der Waals surface area contributed by atoms with E-state index < -0.39 is 0 Å². The van der Waals surface area contributed by atoms with Crippen LogP contribution in [0, 0.1) is 5.92 Å². The third-order valence-corrected chi connectivity index (χ3v) is 7.13. The Morgan fingerprint density at radius 1 is 1.24 bits per heavy atom. The number of hydrogen-bond acceptors (Lipinski definition) is 3. The molecule has 4 rings (SSSR count). The van der Waals surface area contributed by atoms with Crippen molar-refractivity contribution in [3.63, 3.8) is 0 Å². The second-order valence-corrected chi connectivity index (χ2v) is 8.61. The van der Waals surface area contributed by atoms with E-state index >= 15 is 0 Å². The SMILES string of the molecule is CCc1ccc(CN2CC(C3CC3)NCC23CCCC3)s1. The fourth-order valence-electron chi connectivity index (χ4n) is 4.39. The van der Waals surface area contributed by atoms with Gasteiger partial charge in [0.2, 0.25) is 0 Å². The number of piperazine rings is 1. The molecular weight excluding hydrogens is 276 g/mol. The lowest BCUT2D eigenvalue weighted by Gasteiger charge is -2.48. The van der Waals surface area contributed by atoms with E-state index in [0.29, 0.717) is 5.54 Å². The summed E-state index contributed by atoms with van der Waals surface area (Å²) in [6.07, 6.45) is 9.76. The van der Waals surface area contributed by atoms with E-state index in [1.165, 1.54) is 64.6 Å². The average Bonchev–Trinajstić information content (AvgIpc) is 3.07. The molecule has 1 aromatic rings.